The smallest absolute Gasteiger partial charge is 0.340 e. The fourth-order valence-corrected chi connectivity index (χ4v) is 2.44. The summed E-state index contributed by atoms with van der Waals surface area (Å²) in [5.41, 5.74) is 3.79. The summed E-state index contributed by atoms with van der Waals surface area (Å²) in [6.45, 7) is 0. The number of benzene rings is 2. The average Bonchev–Trinajstić information content (AvgIpc) is 2.62. The van der Waals surface area contributed by atoms with Crippen LogP contribution in [-0.2, 0) is 4.74 Å². The molecule has 0 amide bonds. The predicted molar refractivity (Wildman–Crippen MR) is 86.4 cm³/mol. The van der Waals surface area contributed by atoms with Crippen molar-refractivity contribution in [3.8, 4) is 22.4 Å². The molecule has 0 saturated carbocycles. The van der Waals surface area contributed by atoms with Gasteiger partial charge in [0, 0.05) is 11.8 Å². The standard InChI is InChI=1S/C19H15NO2/c1-22-19(21)17-16(14-8-4-2-5-9-14)12-13-20-18(17)15-10-6-3-7-11-15/h2-13H,1H3. The third-order valence-corrected chi connectivity index (χ3v) is 3.47. The summed E-state index contributed by atoms with van der Waals surface area (Å²) < 4.78 is 4.98. The molecule has 3 heteroatoms. The number of methoxy groups -OCH3 is 1. The predicted octanol–water partition coefficient (Wildman–Crippen LogP) is 4.20. The van der Waals surface area contributed by atoms with Gasteiger partial charge in [0.25, 0.3) is 0 Å². The number of pyridine rings is 1. The average molecular weight is 289 g/mol. The van der Waals surface area contributed by atoms with E-state index in [0.29, 0.717) is 11.3 Å². The summed E-state index contributed by atoms with van der Waals surface area (Å²) in [7, 11) is 1.39. The highest BCUT2D eigenvalue weighted by atomic mass is 16.5. The lowest BCUT2D eigenvalue weighted by Crippen LogP contribution is -2.07. The van der Waals surface area contributed by atoms with Gasteiger partial charge in [0.1, 0.15) is 0 Å². The van der Waals surface area contributed by atoms with Crippen molar-refractivity contribution < 1.29 is 9.53 Å². The second kappa shape index (κ2) is 6.22. The van der Waals surface area contributed by atoms with E-state index >= 15 is 0 Å². The summed E-state index contributed by atoms with van der Waals surface area (Å²) in [5.74, 6) is -0.384. The van der Waals surface area contributed by atoms with Crippen molar-refractivity contribution in [1.82, 2.24) is 4.98 Å². The van der Waals surface area contributed by atoms with E-state index in [1.165, 1.54) is 7.11 Å². The van der Waals surface area contributed by atoms with Crippen LogP contribution in [-0.4, -0.2) is 18.1 Å². The van der Waals surface area contributed by atoms with Crippen LogP contribution in [0.2, 0.25) is 0 Å². The lowest BCUT2D eigenvalue weighted by atomic mass is 9.96. The van der Waals surface area contributed by atoms with Gasteiger partial charge in [-0.25, -0.2) is 4.79 Å². The minimum Gasteiger partial charge on any atom is -0.465 e. The maximum atomic E-state index is 12.3. The number of ether oxygens (including phenoxy) is 1. The normalized spacial score (nSPS) is 10.2. The lowest BCUT2D eigenvalue weighted by Gasteiger charge is -2.12. The number of carbonyl (C=O) groups is 1. The van der Waals surface area contributed by atoms with Gasteiger partial charge in [0.05, 0.1) is 18.4 Å². The van der Waals surface area contributed by atoms with Crippen LogP contribution >= 0.6 is 0 Å². The van der Waals surface area contributed by atoms with Crippen LogP contribution in [0.5, 0.6) is 0 Å². The molecule has 3 rings (SSSR count). The summed E-state index contributed by atoms with van der Waals surface area (Å²) in [6, 6.07) is 21.3. The molecule has 0 atom stereocenters. The number of hydrogen-bond donors (Lipinski definition) is 0. The zero-order valence-corrected chi connectivity index (χ0v) is 12.2. The van der Waals surface area contributed by atoms with E-state index in [1.54, 1.807) is 6.20 Å². The highest BCUT2D eigenvalue weighted by Gasteiger charge is 2.20. The van der Waals surface area contributed by atoms with Crippen molar-refractivity contribution >= 4 is 5.97 Å². The van der Waals surface area contributed by atoms with Crippen LogP contribution in [0.3, 0.4) is 0 Å². The Morgan fingerprint density at radius 3 is 2.05 bits per heavy atom. The van der Waals surface area contributed by atoms with Gasteiger partial charge in [-0.1, -0.05) is 60.7 Å². The van der Waals surface area contributed by atoms with Crippen molar-refractivity contribution in [3.05, 3.63) is 78.5 Å². The van der Waals surface area contributed by atoms with Crippen LogP contribution in [0, 0.1) is 0 Å². The minimum atomic E-state index is -0.384. The fraction of sp³-hybridized carbons (Fsp3) is 0.0526. The molecule has 0 aliphatic heterocycles. The van der Waals surface area contributed by atoms with Gasteiger partial charge < -0.3 is 4.74 Å². The van der Waals surface area contributed by atoms with Crippen LogP contribution in [0.15, 0.2) is 72.9 Å². The van der Waals surface area contributed by atoms with E-state index in [2.05, 4.69) is 4.98 Å². The summed E-state index contributed by atoms with van der Waals surface area (Å²) in [4.78, 5) is 16.7. The number of hydrogen-bond acceptors (Lipinski definition) is 3. The molecule has 108 valence electrons. The molecular weight excluding hydrogens is 274 g/mol. The Hall–Kier alpha value is -2.94. The number of nitrogens with zero attached hydrogens (tertiary/aromatic N) is 1. The molecule has 1 heterocycles. The van der Waals surface area contributed by atoms with Crippen molar-refractivity contribution in [2.75, 3.05) is 7.11 Å². The van der Waals surface area contributed by atoms with Crippen LogP contribution in [0.25, 0.3) is 22.4 Å². The fourth-order valence-electron chi connectivity index (χ4n) is 2.44. The van der Waals surface area contributed by atoms with Gasteiger partial charge in [-0.3, -0.25) is 4.98 Å². The molecule has 0 radical (unpaired) electrons. The molecule has 3 aromatic rings. The Morgan fingerprint density at radius 1 is 0.864 bits per heavy atom. The van der Waals surface area contributed by atoms with E-state index in [0.717, 1.165) is 16.7 Å². The quantitative estimate of drug-likeness (QED) is 0.678. The van der Waals surface area contributed by atoms with Gasteiger partial charge in [0.2, 0.25) is 0 Å². The molecule has 0 aliphatic rings. The van der Waals surface area contributed by atoms with E-state index in [9.17, 15) is 4.79 Å². The van der Waals surface area contributed by atoms with Gasteiger partial charge in [0.15, 0.2) is 0 Å². The van der Waals surface area contributed by atoms with E-state index in [1.807, 2.05) is 66.7 Å². The molecule has 22 heavy (non-hydrogen) atoms. The first-order valence-corrected chi connectivity index (χ1v) is 6.99. The number of aromatic nitrogens is 1. The Balaban J connectivity index is 2.26. The lowest BCUT2D eigenvalue weighted by molar-refractivity contribution is 0.0602. The first-order chi connectivity index (χ1) is 10.8. The van der Waals surface area contributed by atoms with E-state index < -0.39 is 0 Å². The summed E-state index contributed by atoms with van der Waals surface area (Å²) in [6.07, 6.45) is 1.72. The number of rotatable bonds is 3. The zero-order valence-electron chi connectivity index (χ0n) is 12.2. The van der Waals surface area contributed by atoms with Crippen molar-refractivity contribution in [1.29, 1.82) is 0 Å². The Bertz CT molecular complexity index is 725. The molecular formula is C19H15NO2. The van der Waals surface area contributed by atoms with Crippen LogP contribution < -0.4 is 0 Å². The number of esters is 1. The first-order valence-electron chi connectivity index (χ1n) is 6.99. The van der Waals surface area contributed by atoms with Crippen LogP contribution in [0.4, 0.5) is 0 Å². The van der Waals surface area contributed by atoms with Gasteiger partial charge in [-0.2, -0.15) is 0 Å². The van der Waals surface area contributed by atoms with Gasteiger partial charge in [-0.15, -0.1) is 0 Å². The largest absolute Gasteiger partial charge is 0.465 e. The SMILES string of the molecule is COC(=O)c1c(-c2ccccc2)ccnc1-c1ccccc1. The third kappa shape index (κ3) is 2.61. The first kappa shape index (κ1) is 14.0. The summed E-state index contributed by atoms with van der Waals surface area (Å²) >= 11 is 0. The van der Waals surface area contributed by atoms with Crippen molar-refractivity contribution in [2.45, 2.75) is 0 Å². The molecule has 0 bridgehead atoms. The number of carbonyl (C=O) groups excluding carboxylic acids is 1. The topological polar surface area (TPSA) is 39.2 Å². The van der Waals surface area contributed by atoms with Crippen molar-refractivity contribution in [3.63, 3.8) is 0 Å². The Kier molecular flexibility index (Phi) is 3.97. The monoisotopic (exact) mass is 289 g/mol. The molecule has 0 saturated heterocycles. The molecule has 0 spiro atoms. The van der Waals surface area contributed by atoms with Crippen LogP contribution in [0.1, 0.15) is 10.4 Å². The summed E-state index contributed by atoms with van der Waals surface area (Å²) in [5, 5.41) is 0. The second-order valence-corrected chi connectivity index (χ2v) is 4.81. The molecule has 2 aromatic carbocycles. The van der Waals surface area contributed by atoms with Crippen molar-refractivity contribution in [2.24, 2.45) is 0 Å². The van der Waals surface area contributed by atoms with E-state index in [-0.39, 0.29) is 5.97 Å². The van der Waals surface area contributed by atoms with Gasteiger partial charge >= 0.3 is 5.97 Å². The maximum Gasteiger partial charge on any atom is 0.340 e. The Morgan fingerprint density at radius 2 is 1.45 bits per heavy atom. The molecule has 0 unspecified atom stereocenters. The maximum absolute atomic E-state index is 12.3. The molecule has 3 nitrogen and oxygen atoms in total. The molecule has 1 aromatic heterocycles. The van der Waals surface area contributed by atoms with Gasteiger partial charge in [-0.05, 0) is 17.2 Å². The van der Waals surface area contributed by atoms with E-state index in [4.69, 9.17) is 4.74 Å². The highest BCUT2D eigenvalue weighted by molar-refractivity contribution is 6.02. The second-order valence-electron chi connectivity index (χ2n) is 4.81. The molecule has 0 fully saturated rings. The minimum absolute atomic E-state index is 0.384. The Labute approximate surface area is 129 Å². The zero-order chi connectivity index (χ0) is 15.4. The third-order valence-electron chi connectivity index (χ3n) is 3.47. The molecule has 0 N–H and O–H groups in total. The highest BCUT2D eigenvalue weighted by Crippen LogP contribution is 2.31. The molecule has 0 aliphatic carbocycles.